The summed E-state index contributed by atoms with van der Waals surface area (Å²) in [5.41, 5.74) is 0.933. The van der Waals surface area contributed by atoms with Gasteiger partial charge in [-0.2, -0.15) is 4.98 Å². The Balaban J connectivity index is 1.50. The number of carbonyl (C=O) groups excluding carboxylic acids is 2. The molecule has 0 aliphatic carbocycles. The van der Waals surface area contributed by atoms with Gasteiger partial charge in [0.25, 0.3) is 11.8 Å². The lowest BCUT2D eigenvalue weighted by Gasteiger charge is -2.03. The van der Waals surface area contributed by atoms with E-state index in [-0.39, 0.29) is 23.3 Å². The maximum Gasteiger partial charge on any atom is 0.302 e. The van der Waals surface area contributed by atoms with Crippen molar-refractivity contribution in [1.29, 1.82) is 0 Å². The Morgan fingerprint density at radius 1 is 1.08 bits per heavy atom. The van der Waals surface area contributed by atoms with E-state index in [2.05, 4.69) is 15.6 Å². The van der Waals surface area contributed by atoms with Crippen LogP contribution >= 0.6 is 0 Å². The van der Waals surface area contributed by atoms with E-state index in [4.69, 9.17) is 8.83 Å². The van der Waals surface area contributed by atoms with Crippen LogP contribution in [0.3, 0.4) is 0 Å². The van der Waals surface area contributed by atoms with Crippen molar-refractivity contribution >= 4 is 17.8 Å². The molecule has 1 aromatic carbocycles. The first-order valence-electron chi connectivity index (χ1n) is 7.45. The molecule has 8 heteroatoms. The second-order valence-corrected chi connectivity index (χ2v) is 5.10. The molecule has 2 N–H and O–H groups in total. The first-order chi connectivity index (χ1) is 12.1. The number of hydrogen-bond acceptors (Lipinski definition) is 5. The highest BCUT2D eigenvalue weighted by Crippen LogP contribution is 2.10. The van der Waals surface area contributed by atoms with Gasteiger partial charge in [-0.05, 0) is 36.2 Å². The van der Waals surface area contributed by atoms with Gasteiger partial charge in [-0.15, -0.1) is 0 Å². The number of hydrogen-bond donors (Lipinski definition) is 2. The van der Waals surface area contributed by atoms with E-state index in [1.54, 1.807) is 18.2 Å². The number of aromatic nitrogens is 1. The molecule has 3 rings (SSSR count). The fourth-order valence-corrected chi connectivity index (χ4v) is 2.06. The lowest BCUT2D eigenvalue weighted by atomic mass is 10.1. The van der Waals surface area contributed by atoms with Gasteiger partial charge in [0.1, 0.15) is 12.1 Å². The van der Waals surface area contributed by atoms with Crippen LogP contribution in [-0.4, -0.2) is 23.3 Å². The Bertz CT molecular complexity index is 856. The Hall–Kier alpha value is -3.42. The van der Waals surface area contributed by atoms with Crippen molar-refractivity contribution in [1.82, 2.24) is 10.3 Å². The molecule has 128 valence electrons. The second kappa shape index (κ2) is 7.43. The molecule has 2 heterocycles. The molecule has 0 saturated heterocycles. The van der Waals surface area contributed by atoms with Crippen LogP contribution in [0, 0.1) is 5.82 Å². The van der Waals surface area contributed by atoms with Crippen LogP contribution in [-0.2, 0) is 6.42 Å². The summed E-state index contributed by atoms with van der Waals surface area (Å²) in [5, 5.41) is 5.05. The fraction of sp³-hybridized carbons (Fsp3) is 0.118. The number of benzene rings is 1. The maximum atomic E-state index is 12.8. The number of rotatable bonds is 6. The Morgan fingerprint density at radius 3 is 2.60 bits per heavy atom. The zero-order chi connectivity index (χ0) is 17.6. The van der Waals surface area contributed by atoms with Crippen molar-refractivity contribution in [2.45, 2.75) is 6.42 Å². The predicted molar refractivity (Wildman–Crippen MR) is 85.6 cm³/mol. The summed E-state index contributed by atoms with van der Waals surface area (Å²) in [6.07, 6.45) is 3.06. The molecule has 0 fully saturated rings. The summed E-state index contributed by atoms with van der Waals surface area (Å²) in [6.45, 7) is 0.353. The fourth-order valence-electron chi connectivity index (χ4n) is 2.06. The van der Waals surface area contributed by atoms with Crippen LogP contribution in [0.2, 0.25) is 0 Å². The Labute approximate surface area is 141 Å². The van der Waals surface area contributed by atoms with E-state index < -0.39 is 11.8 Å². The SMILES string of the molecule is O=C(NCCc1ccc(F)cc1)c1coc(NC(=O)c2ccco2)n1. The zero-order valence-corrected chi connectivity index (χ0v) is 13.0. The van der Waals surface area contributed by atoms with E-state index in [0.29, 0.717) is 13.0 Å². The normalized spacial score (nSPS) is 10.4. The number of halogens is 1. The summed E-state index contributed by atoms with van der Waals surface area (Å²) in [4.78, 5) is 27.7. The molecule has 3 aromatic rings. The monoisotopic (exact) mass is 343 g/mol. The number of carbonyl (C=O) groups is 2. The predicted octanol–water partition coefficient (Wildman–Crippen LogP) is 2.63. The Morgan fingerprint density at radius 2 is 1.88 bits per heavy atom. The number of oxazole rings is 1. The molecule has 0 bridgehead atoms. The molecule has 0 radical (unpaired) electrons. The smallest absolute Gasteiger partial charge is 0.302 e. The molecule has 0 aliphatic heterocycles. The van der Waals surface area contributed by atoms with Crippen molar-refractivity contribution in [2.24, 2.45) is 0 Å². The standard InChI is InChI=1S/C17H14FN3O4/c18-12-5-3-11(4-6-12)7-8-19-15(22)13-10-25-17(20-13)21-16(23)14-2-1-9-24-14/h1-6,9-10H,7-8H2,(H,19,22)(H,20,21,23). The van der Waals surface area contributed by atoms with Gasteiger partial charge in [0, 0.05) is 6.54 Å². The van der Waals surface area contributed by atoms with Gasteiger partial charge in [0.15, 0.2) is 11.5 Å². The van der Waals surface area contributed by atoms with Crippen molar-refractivity contribution in [2.75, 3.05) is 11.9 Å². The van der Waals surface area contributed by atoms with E-state index in [1.807, 2.05) is 0 Å². The van der Waals surface area contributed by atoms with E-state index in [9.17, 15) is 14.0 Å². The highest BCUT2D eigenvalue weighted by Gasteiger charge is 2.15. The Kier molecular flexibility index (Phi) is 4.89. The molecular formula is C17H14FN3O4. The molecule has 0 saturated carbocycles. The van der Waals surface area contributed by atoms with E-state index in [0.717, 1.165) is 11.8 Å². The molecule has 0 unspecified atom stereocenters. The van der Waals surface area contributed by atoms with Gasteiger partial charge in [-0.25, -0.2) is 4.39 Å². The van der Waals surface area contributed by atoms with Crippen molar-refractivity contribution in [3.63, 3.8) is 0 Å². The highest BCUT2D eigenvalue weighted by atomic mass is 19.1. The second-order valence-electron chi connectivity index (χ2n) is 5.10. The number of furan rings is 1. The largest absolute Gasteiger partial charge is 0.459 e. The number of anilines is 1. The summed E-state index contributed by atoms with van der Waals surface area (Å²) in [6, 6.07) is 8.99. The van der Waals surface area contributed by atoms with Gasteiger partial charge in [-0.1, -0.05) is 12.1 Å². The van der Waals surface area contributed by atoms with Crippen molar-refractivity contribution in [3.05, 3.63) is 71.8 Å². The van der Waals surface area contributed by atoms with Crippen LogP contribution < -0.4 is 10.6 Å². The number of nitrogens with zero attached hydrogens (tertiary/aromatic N) is 1. The summed E-state index contributed by atoms with van der Waals surface area (Å²) < 4.78 is 22.8. The summed E-state index contributed by atoms with van der Waals surface area (Å²) >= 11 is 0. The highest BCUT2D eigenvalue weighted by molar-refractivity contribution is 6.01. The van der Waals surface area contributed by atoms with Gasteiger partial charge in [0.05, 0.1) is 6.26 Å². The third kappa shape index (κ3) is 4.31. The zero-order valence-electron chi connectivity index (χ0n) is 13.0. The quantitative estimate of drug-likeness (QED) is 0.717. The van der Waals surface area contributed by atoms with Crippen molar-refractivity contribution in [3.8, 4) is 0 Å². The minimum atomic E-state index is -0.532. The van der Waals surface area contributed by atoms with Gasteiger partial charge in [-0.3, -0.25) is 14.9 Å². The lowest BCUT2D eigenvalue weighted by Crippen LogP contribution is -2.26. The van der Waals surface area contributed by atoms with Crippen LogP contribution in [0.5, 0.6) is 0 Å². The molecule has 0 atom stereocenters. The van der Waals surface area contributed by atoms with Crippen LogP contribution in [0.4, 0.5) is 10.4 Å². The topological polar surface area (TPSA) is 97.4 Å². The third-order valence-electron chi connectivity index (χ3n) is 3.31. The van der Waals surface area contributed by atoms with E-state index in [1.165, 1.54) is 24.5 Å². The molecule has 25 heavy (non-hydrogen) atoms. The molecule has 2 amide bonds. The minimum absolute atomic E-state index is 0.0360. The first-order valence-corrected chi connectivity index (χ1v) is 7.45. The van der Waals surface area contributed by atoms with Gasteiger partial charge < -0.3 is 14.2 Å². The van der Waals surface area contributed by atoms with Crippen molar-refractivity contribution < 1.29 is 22.8 Å². The summed E-state index contributed by atoms with van der Waals surface area (Å²) in [7, 11) is 0. The molecule has 2 aromatic heterocycles. The maximum absolute atomic E-state index is 12.8. The average Bonchev–Trinajstić information content (AvgIpc) is 3.28. The number of nitrogens with one attached hydrogen (secondary N) is 2. The lowest BCUT2D eigenvalue weighted by molar-refractivity contribution is 0.0947. The number of amides is 2. The van der Waals surface area contributed by atoms with Crippen LogP contribution in [0.25, 0.3) is 0 Å². The molecule has 0 aliphatic rings. The minimum Gasteiger partial charge on any atom is -0.459 e. The van der Waals surface area contributed by atoms with Crippen LogP contribution in [0.15, 0.2) is 57.8 Å². The first kappa shape index (κ1) is 16.4. The van der Waals surface area contributed by atoms with Crippen LogP contribution in [0.1, 0.15) is 26.6 Å². The summed E-state index contributed by atoms with van der Waals surface area (Å²) in [5.74, 6) is -1.18. The third-order valence-corrected chi connectivity index (χ3v) is 3.31. The van der Waals surface area contributed by atoms with E-state index >= 15 is 0 Å². The average molecular weight is 343 g/mol. The van der Waals surface area contributed by atoms with Gasteiger partial charge >= 0.3 is 6.01 Å². The molecule has 0 spiro atoms. The molecular weight excluding hydrogens is 329 g/mol. The molecule has 7 nitrogen and oxygen atoms in total. The van der Waals surface area contributed by atoms with Gasteiger partial charge in [0.2, 0.25) is 0 Å².